The van der Waals surface area contributed by atoms with Crippen molar-refractivity contribution < 1.29 is 23.9 Å². The van der Waals surface area contributed by atoms with Crippen LogP contribution in [0, 0.1) is 0 Å². The molecule has 1 fully saturated rings. The molecule has 0 aliphatic carbocycles. The molecule has 2 atom stereocenters. The summed E-state index contributed by atoms with van der Waals surface area (Å²) >= 11 is 1.51. The van der Waals surface area contributed by atoms with E-state index in [0.717, 1.165) is 5.57 Å². The number of hydrogen-bond acceptors (Lipinski definition) is 7. The zero-order chi connectivity index (χ0) is 14.2. The number of rotatable bonds is 3. The summed E-state index contributed by atoms with van der Waals surface area (Å²) < 4.78 is 9.34. The van der Waals surface area contributed by atoms with Gasteiger partial charge in [-0.1, -0.05) is 0 Å². The summed E-state index contributed by atoms with van der Waals surface area (Å²) in [7, 11) is 0. The number of carbonyl (C=O) groups excluding carboxylic acids is 3. The van der Waals surface area contributed by atoms with E-state index in [1.165, 1.54) is 23.6 Å². The van der Waals surface area contributed by atoms with Crippen LogP contribution in [0.4, 0.5) is 0 Å². The first kappa shape index (κ1) is 13.9. The van der Waals surface area contributed by atoms with Gasteiger partial charge in [-0.3, -0.25) is 14.5 Å². The standard InChI is InChI=1S/C11H14N2O5S/c1-5-3-19-10-7(12)9(15)13(10)8(5)11(16)18-4-17-6(2)14/h7,10H,3-4,12H2,1-2H3. The Balaban J connectivity index is 2.06. The molecule has 2 aliphatic heterocycles. The van der Waals surface area contributed by atoms with Gasteiger partial charge in [-0.05, 0) is 12.5 Å². The highest BCUT2D eigenvalue weighted by molar-refractivity contribution is 8.00. The third-order valence-electron chi connectivity index (χ3n) is 2.85. The summed E-state index contributed by atoms with van der Waals surface area (Å²) in [5.74, 6) is -0.905. The predicted molar refractivity (Wildman–Crippen MR) is 66.5 cm³/mol. The Morgan fingerprint density at radius 2 is 2.16 bits per heavy atom. The van der Waals surface area contributed by atoms with E-state index in [0.29, 0.717) is 5.75 Å². The van der Waals surface area contributed by atoms with Gasteiger partial charge in [-0.25, -0.2) is 4.79 Å². The minimum atomic E-state index is -0.677. The van der Waals surface area contributed by atoms with Crippen LogP contribution in [0.1, 0.15) is 13.8 Å². The van der Waals surface area contributed by atoms with E-state index >= 15 is 0 Å². The second-order valence-corrected chi connectivity index (χ2v) is 5.36. The summed E-state index contributed by atoms with van der Waals surface area (Å²) in [6.07, 6.45) is 0. The second-order valence-electron chi connectivity index (χ2n) is 4.25. The highest BCUT2D eigenvalue weighted by atomic mass is 32.2. The molecule has 0 bridgehead atoms. The number of carbonyl (C=O) groups is 3. The molecule has 0 spiro atoms. The van der Waals surface area contributed by atoms with Crippen molar-refractivity contribution in [1.29, 1.82) is 0 Å². The minimum Gasteiger partial charge on any atom is -0.428 e. The summed E-state index contributed by atoms with van der Waals surface area (Å²) in [4.78, 5) is 35.5. The molecule has 19 heavy (non-hydrogen) atoms. The molecule has 2 aliphatic rings. The molecule has 2 unspecified atom stereocenters. The average molecular weight is 286 g/mol. The fourth-order valence-electron chi connectivity index (χ4n) is 1.89. The first-order valence-corrected chi connectivity index (χ1v) is 6.69. The third-order valence-corrected chi connectivity index (χ3v) is 4.29. The van der Waals surface area contributed by atoms with Crippen molar-refractivity contribution >= 4 is 29.6 Å². The zero-order valence-corrected chi connectivity index (χ0v) is 11.4. The third kappa shape index (κ3) is 2.45. The van der Waals surface area contributed by atoms with E-state index in [4.69, 9.17) is 10.5 Å². The fraction of sp³-hybridized carbons (Fsp3) is 0.545. The molecular formula is C11H14N2O5S. The summed E-state index contributed by atoms with van der Waals surface area (Å²) in [5.41, 5.74) is 6.62. The molecule has 1 saturated heterocycles. The van der Waals surface area contributed by atoms with E-state index in [9.17, 15) is 14.4 Å². The van der Waals surface area contributed by atoms with Crippen LogP contribution < -0.4 is 5.73 Å². The van der Waals surface area contributed by atoms with Crippen molar-refractivity contribution in [3.63, 3.8) is 0 Å². The van der Waals surface area contributed by atoms with E-state index in [1.54, 1.807) is 6.92 Å². The lowest BCUT2D eigenvalue weighted by atomic mass is 10.0. The first-order chi connectivity index (χ1) is 8.93. The molecule has 0 aromatic rings. The van der Waals surface area contributed by atoms with E-state index in [1.807, 2.05) is 0 Å². The number of fused-ring (bicyclic) bond motifs is 1. The van der Waals surface area contributed by atoms with Gasteiger partial charge in [-0.15, -0.1) is 11.8 Å². The second kappa shape index (κ2) is 5.22. The van der Waals surface area contributed by atoms with Gasteiger partial charge in [0.15, 0.2) is 0 Å². The summed E-state index contributed by atoms with van der Waals surface area (Å²) in [6.45, 7) is 2.50. The van der Waals surface area contributed by atoms with Gasteiger partial charge < -0.3 is 15.2 Å². The molecule has 1 amide bonds. The van der Waals surface area contributed by atoms with Crippen molar-refractivity contribution in [3.05, 3.63) is 11.3 Å². The number of nitrogens with zero attached hydrogens (tertiary/aromatic N) is 1. The maximum absolute atomic E-state index is 11.9. The van der Waals surface area contributed by atoms with Gasteiger partial charge in [-0.2, -0.15) is 0 Å². The number of amides is 1. The molecule has 0 saturated carbocycles. The van der Waals surface area contributed by atoms with Crippen molar-refractivity contribution in [3.8, 4) is 0 Å². The Bertz CT molecular complexity index is 476. The van der Waals surface area contributed by atoms with Crippen molar-refractivity contribution in [1.82, 2.24) is 4.90 Å². The molecule has 0 radical (unpaired) electrons. The van der Waals surface area contributed by atoms with Crippen LogP contribution in [0.25, 0.3) is 0 Å². The Labute approximate surface area is 114 Å². The monoisotopic (exact) mass is 286 g/mol. The Morgan fingerprint density at radius 3 is 2.79 bits per heavy atom. The minimum absolute atomic E-state index is 0.211. The molecule has 0 aromatic carbocycles. The normalized spacial score (nSPS) is 25.6. The number of ether oxygens (including phenoxy) is 2. The van der Waals surface area contributed by atoms with Gasteiger partial charge in [0.25, 0.3) is 0 Å². The maximum Gasteiger partial charge on any atom is 0.357 e. The smallest absolute Gasteiger partial charge is 0.357 e. The zero-order valence-electron chi connectivity index (χ0n) is 10.5. The topological polar surface area (TPSA) is 98.9 Å². The van der Waals surface area contributed by atoms with Gasteiger partial charge in [0.1, 0.15) is 17.1 Å². The van der Waals surface area contributed by atoms with Crippen molar-refractivity contribution in [2.45, 2.75) is 25.3 Å². The highest BCUT2D eigenvalue weighted by Crippen LogP contribution is 2.39. The molecule has 0 aromatic heterocycles. The Morgan fingerprint density at radius 1 is 1.47 bits per heavy atom. The predicted octanol–water partition coefficient (Wildman–Crippen LogP) is -0.433. The lowest BCUT2D eigenvalue weighted by Gasteiger charge is -2.47. The Hall–Kier alpha value is -1.54. The van der Waals surface area contributed by atoms with Crippen LogP contribution in [0.5, 0.6) is 0 Å². The van der Waals surface area contributed by atoms with Crippen LogP contribution >= 0.6 is 11.8 Å². The van der Waals surface area contributed by atoms with Gasteiger partial charge in [0.05, 0.1) is 0 Å². The maximum atomic E-state index is 11.9. The van der Waals surface area contributed by atoms with Crippen molar-refractivity contribution in [2.75, 3.05) is 12.5 Å². The van der Waals surface area contributed by atoms with E-state index in [2.05, 4.69) is 4.74 Å². The number of β-lactam (4-membered cyclic amide) rings is 1. The Kier molecular flexibility index (Phi) is 3.81. The van der Waals surface area contributed by atoms with Crippen molar-refractivity contribution in [2.24, 2.45) is 5.73 Å². The van der Waals surface area contributed by atoms with Gasteiger partial charge in [0.2, 0.25) is 12.7 Å². The lowest BCUT2D eigenvalue weighted by Crippen LogP contribution is -2.68. The number of nitrogens with two attached hydrogens (primary N) is 1. The van der Waals surface area contributed by atoms with Crippen LogP contribution in [0.3, 0.4) is 0 Å². The van der Waals surface area contributed by atoms with Gasteiger partial charge in [0, 0.05) is 12.7 Å². The van der Waals surface area contributed by atoms with E-state index < -0.39 is 24.8 Å². The fourth-order valence-corrected chi connectivity index (χ4v) is 3.13. The summed E-state index contributed by atoms with van der Waals surface area (Å²) in [6, 6.07) is -0.575. The number of hydrogen-bond donors (Lipinski definition) is 1. The number of esters is 2. The van der Waals surface area contributed by atoms with Crippen LogP contribution in [-0.2, 0) is 23.9 Å². The molecule has 104 valence electrons. The average Bonchev–Trinajstić information content (AvgIpc) is 2.36. The quantitative estimate of drug-likeness (QED) is 0.427. The summed E-state index contributed by atoms with van der Waals surface area (Å²) in [5, 5.41) is -0.215. The molecule has 7 nitrogen and oxygen atoms in total. The first-order valence-electron chi connectivity index (χ1n) is 5.64. The van der Waals surface area contributed by atoms with Gasteiger partial charge >= 0.3 is 11.9 Å². The molecule has 2 N–H and O–H groups in total. The van der Waals surface area contributed by atoms with Crippen LogP contribution in [0.2, 0.25) is 0 Å². The van der Waals surface area contributed by atoms with Crippen LogP contribution in [0.15, 0.2) is 11.3 Å². The molecular weight excluding hydrogens is 272 g/mol. The molecule has 8 heteroatoms. The lowest BCUT2D eigenvalue weighted by molar-refractivity contribution is -0.166. The largest absolute Gasteiger partial charge is 0.428 e. The number of thioether (sulfide) groups is 1. The van der Waals surface area contributed by atoms with E-state index in [-0.39, 0.29) is 17.0 Å². The highest BCUT2D eigenvalue weighted by Gasteiger charge is 2.51. The van der Waals surface area contributed by atoms with Crippen LogP contribution in [-0.4, -0.2) is 46.7 Å². The molecule has 2 rings (SSSR count). The SMILES string of the molecule is CC(=O)OCOC(=O)C1=C(C)CSC2C(N)C(=O)N12. The molecule has 2 heterocycles.